The molecule has 0 bridgehead atoms. The Morgan fingerprint density at radius 1 is 1.04 bits per heavy atom. The number of rotatable bonds is 4. The zero-order valence-corrected chi connectivity index (χ0v) is 14.6. The smallest absolute Gasteiger partial charge is 0.145 e. The molecule has 0 amide bonds. The Bertz CT molecular complexity index is 844. The van der Waals surface area contributed by atoms with Crippen molar-refractivity contribution in [1.29, 1.82) is 0 Å². The summed E-state index contributed by atoms with van der Waals surface area (Å²) in [6.07, 6.45) is 1.66. The molecule has 1 heterocycles. The number of hydrogen-bond acceptors (Lipinski definition) is 2. The molecule has 118 valence electrons. The highest BCUT2D eigenvalue weighted by molar-refractivity contribution is 6.35. The lowest BCUT2D eigenvalue weighted by atomic mass is 10.0. The minimum absolute atomic E-state index is 0.695. The minimum atomic E-state index is 0.695. The third-order valence-corrected chi connectivity index (χ3v) is 4.53. The first-order valence-electron chi connectivity index (χ1n) is 7.51. The maximum absolute atomic E-state index is 6.33. The van der Waals surface area contributed by atoms with Crippen LogP contribution in [-0.2, 0) is 12.8 Å². The van der Waals surface area contributed by atoms with Crippen molar-refractivity contribution in [3.8, 4) is 5.75 Å². The predicted octanol–water partition coefficient (Wildman–Crippen LogP) is 5.70. The van der Waals surface area contributed by atoms with Gasteiger partial charge >= 0.3 is 0 Å². The van der Waals surface area contributed by atoms with Crippen LogP contribution in [-0.4, -0.2) is 12.1 Å². The molecule has 3 aromatic rings. The first-order chi connectivity index (χ1) is 11.1. The lowest BCUT2D eigenvalue weighted by Gasteiger charge is -2.13. The fourth-order valence-electron chi connectivity index (χ4n) is 2.70. The van der Waals surface area contributed by atoms with Gasteiger partial charge in [-0.1, -0.05) is 42.3 Å². The lowest BCUT2D eigenvalue weighted by molar-refractivity contribution is 0.419. The van der Waals surface area contributed by atoms with Crippen LogP contribution >= 0.6 is 23.2 Å². The lowest BCUT2D eigenvalue weighted by Crippen LogP contribution is -2.01. The molecular formula is C19H17Cl2NO. The highest BCUT2D eigenvalue weighted by atomic mass is 35.5. The van der Waals surface area contributed by atoms with E-state index in [0.717, 1.165) is 40.2 Å². The molecule has 0 aliphatic rings. The molecule has 0 saturated carbocycles. The largest absolute Gasteiger partial charge is 0.494 e. The SMILES string of the molecule is CCc1cc2c(Cl)ccc(OC)c2nc1Cc1ccc(Cl)cc1. The minimum Gasteiger partial charge on any atom is -0.494 e. The predicted molar refractivity (Wildman–Crippen MR) is 96.9 cm³/mol. The van der Waals surface area contributed by atoms with Crippen LogP contribution in [0.4, 0.5) is 0 Å². The number of aryl methyl sites for hydroxylation is 1. The molecule has 0 aliphatic carbocycles. The van der Waals surface area contributed by atoms with Crippen molar-refractivity contribution in [1.82, 2.24) is 4.98 Å². The van der Waals surface area contributed by atoms with Gasteiger partial charge in [-0.05, 0) is 47.9 Å². The average molecular weight is 346 g/mol. The van der Waals surface area contributed by atoms with E-state index in [1.807, 2.05) is 36.4 Å². The van der Waals surface area contributed by atoms with Crippen molar-refractivity contribution in [3.63, 3.8) is 0 Å². The summed E-state index contributed by atoms with van der Waals surface area (Å²) in [7, 11) is 1.65. The molecule has 0 spiro atoms. The molecule has 0 unspecified atom stereocenters. The summed E-state index contributed by atoms with van der Waals surface area (Å²) in [5, 5.41) is 2.37. The first-order valence-corrected chi connectivity index (χ1v) is 8.27. The molecule has 0 atom stereocenters. The van der Waals surface area contributed by atoms with Crippen LogP contribution in [0.3, 0.4) is 0 Å². The number of benzene rings is 2. The second-order valence-electron chi connectivity index (χ2n) is 5.40. The summed E-state index contributed by atoms with van der Waals surface area (Å²) in [5.41, 5.74) is 4.23. The van der Waals surface area contributed by atoms with Crippen molar-refractivity contribution in [2.45, 2.75) is 19.8 Å². The van der Waals surface area contributed by atoms with Gasteiger partial charge in [0.25, 0.3) is 0 Å². The molecule has 0 aliphatic heterocycles. The van der Waals surface area contributed by atoms with E-state index < -0.39 is 0 Å². The number of ether oxygens (including phenoxy) is 1. The van der Waals surface area contributed by atoms with Gasteiger partial charge in [-0.3, -0.25) is 0 Å². The Labute approximate surface area is 146 Å². The van der Waals surface area contributed by atoms with E-state index in [1.165, 1.54) is 11.1 Å². The van der Waals surface area contributed by atoms with Crippen LogP contribution in [0.2, 0.25) is 10.0 Å². The molecule has 23 heavy (non-hydrogen) atoms. The number of nitrogens with zero attached hydrogens (tertiary/aromatic N) is 1. The molecule has 0 radical (unpaired) electrons. The first kappa shape index (κ1) is 16.1. The average Bonchev–Trinajstić information content (AvgIpc) is 2.57. The number of hydrogen-bond donors (Lipinski definition) is 0. The van der Waals surface area contributed by atoms with Gasteiger partial charge in [0.05, 0.1) is 12.1 Å². The standard InChI is InChI=1S/C19H17Cl2NO/c1-3-13-11-15-16(21)8-9-18(23-2)19(15)22-17(13)10-12-4-6-14(20)7-5-12/h4-9,11H,3,10H2,1-2H3. The molecule has 0 saturated heterocycles. The Morgan fingerprint density at radius 3 is 2.43 bits per heavy atom. The number of fused-ring (bicyclic) bond motifs is 1. The van der Waals surface area contributed by atoms with Gasteiger partial charge in [0.15, 0.2) is 0 Å². The number of methoxy groups -OCH3 is 1. The third kappa shape index (κ3) is 3.29. The molecule has 0 N–H and O–H groups in total. The zero-order chi connectivity index (χ0) is 16.4. The van der Waals surface area contributed by atoms with Crippen molar-refractivity contribution in [2.75, 3.05) is 7.11 Å². The molecule has 2 aromatic carbocycles. The van der Waals surface area contributed by atoms with Crippen molar-refractivity contribution in [2.24, 2.45) is 0 Å². The van der Waals surface area contributed by atoms with Gasteiger partial charge in [-0.15, -0.1) is 0 Å². The second-order valence-corrected chi connectivity index (χ2v) is 6.24. The van der Waals surface area contributed by atoms with E-state index in [1.54, 1.807) is 7.11 Å². The van der Waals surface area contributed by atoms with Crippen molar-refractivity contribution in [3.05, 3.63) is 69.3 Å². The van der Waals surface area contributed by atoms with Gasteiger partial charge in [0.1, 0.15) is 11.3 Å². The Kier molecular flexibility index (Phi) is 4.74. The summed E-state index contributed by atoms with van der Waals surface area (Å²) >= 11 is 12.3. The number of pyridine rings is 1. The monoisotopic (exact) mass is 345 g/mol. The van der Waals surface area contributed by atoms with E-state index in [0.29, 0.717) is 5.02 Å². The van der Waals surface area contributed by atoms with Crippen LogP contribution in [0.1, 0.15) is 23.7 Å². The second kappa shape index (κ2) is 6.77. The summed E-state index contributed by atoms with van der Waals surface area (Å²) in [5.74, 6) is 0.740. The normalized spacial score (nSPS) is 11.0. The fourth-order valence-corrected chi connectivity index (χ4v) is 3.03. The summed E-state index contributed by atoms with van der Waals surface area (Å²) < 4.78 is 5.44. The quantitative estimate of drug-likeness (QED) is 0.604. The Hall–Kier alpha value is -1.77. The van der Waals surface area contributed by atoms with Gasteiger partial charge in [-0.25, -0.2) is 4.98 Å². The van der Waals surface area contributed by atoms with E-state index in [-0.39, 0.29) is 0 Å². The third-order valence-electron chi connectivity index (χ3n) is 3.95. The Balaban J connectivity index is 2.13. The van der Waals surface area contributed by atoms with E-state index >= 15 is 0 Å². The van der Waals surface area contributed by atoms with Crippen molar-refractivity contribution < 1.29 is 4.74 Å². The van der Waals surface area contributed by atoms with Gasteiger partial charge in [0, 0.05) is 22.5 Å². The maximum atomic E-state index is 6.33. The van der Waals surface area contributed by atoms with E-state index in [4.69, 9.17) is 32.9 Å². The summed E-state index contributed by atoms with van der Waals surface area (Å²) in [4.78, 5) is 4.85. The molecular weight excluding hydrogens is 329 g/mol. The van der Waals surface area contributed by atoms with Crippen LogP contribution in [0.15, 0.2) is 42.5 Å². The van der Waals surface area contributed by atoms with Crippen LogP contribution < -0.4 is 4.74 Å². The van der Waals surface area contributed by atoms with Gasteiger partial charge in [0.2, 0.25) is 0 Å². The summed E-state index contributed by atoms with van der Waals surface area (Å²) in [6.45, 7) is 2.13. The van der Waals surface area contributed by atoms with Gasteiger partial charge < -0.3 is 4.74 Å². The maximum Gasteiger partial charge on any atom is 0.145 e. The topological polar surface area (TPSA) is 22.1 Å². The highest BCUT2D eigenvalue weighted by Gasteiger charge is 2.12. The van der Waals surface area contributed by atoms with E-state index in [2.05, 4.69) is 13.0 Å². The summed E-state index contributed by atoms with van der Waals surface area (Å²) in [6, 6.07) is 13.7. The van der Waals surface area contributed by atoms with Crippen LogP contribution in [0.5, 0.6) is 5.75 Å². The van der Waals surface area contributed by atoms with Crippen LogP contribution in [0.25, 0.3) is 10.9 Å². The molecule has 2 nitrogen and oxygen atoms in total. The number of halogens is 2. The van der Waals surface area contributed by atoms with Crippen molar-refractivity contribution >= 4 is 34.1 Å². The van der Waals surface area contributed by atoms with Crippen LogP contribution in [0, 0.1) is 0 Å². The fraction of sp³-hybridized carbons (Fsp3) is 0.211. The highest BCUT2D eigenvalue weighted by Crippen LogP contribution is 2.32. The van der Waals surface area contributed by atoms with E-state index in [9.17, 15) is 0 Å². The van der Waals surface area contributed by atoms with Gasteiger partial charge in [-0.2, -0.15) is 0 Å². The molecule has 3 rings (SSSR count). The molecule has 4 heteroatoms. The Morgan fingerprint density at radius 2 is 1.78 bits per heavy atom. The number of aromatic nitrogens is 1. The molecule has 1 aromatic heterocycles. The zero-order valence-electron chi connectivity index (χ0n) is 13.1. The molecule has 0 fully saturated rings.